The molecule has 1 aliphatic rings. The average molecular weight is 423 g/mol. The van der Waals surface area contributed by atoms with Gasteiger partial charge in [-0.1, -0.05) is 35.5 Å². The van der Waals surface area contributed by atoms with Crippen LogP contribution in [0.3, 0.4) is 0 Å². The van der Waals surface area contributed by atoms with E-state index in [0.29, 0.717) is 18.0 Å². The first-order valence-corrected chi connectivity index (χ1v) is 10.3. The van der Waals surface area contributed by atoms with Crippen LogP contribution >= 0.6 is 0 Å². The number of methoxy groups -OCH3 is 3. The monoisotopic (exact) mass is 423 g/mol. The van der Waals surface area contributed by atoms with Crippen LogP contribution in [0.1, 0.15) is 29.3 Å². The van der Waals surface area contributed by atoms with Gasteiger partial charge in [0, 0.05) is 23.6 Å². The molecule has 2 heterocycles. The largest absolute Gasteiger partial charge is 0.493 e. The Balaban J connectivity index is 1.63. The Labute approximate surface area is 181 Å². The third kappa shape index (κ3) is 4.41. The molecule has 2 aromatic carbocycles. The van der Waals surface area contributed by atoms with E-state index < -0.39 is 0 Å². The summed E-state index contributed by atoms with van der Waals surface area (Å²) >= 11 is 0. The fourth-order valence-electron chi connectivity index (χ4n) is 4.25. The standard InChI is InChI=1S/C24H26N2O5/c1-28-22-11-17-9-10-26(20(14-24(27)30-3)19(17)13-23(22)29-2)15-18-12-21(31-25-18)16-7-5-4-6-8-16/h4-8,11-13,20H,9-10,14-15H2,1-3H3/p+1/t20-/m1/s1. The molecule has 1 unspecified atom stereocenters. The van der Waals surface area contributed by atoms with Crippen molar-refractivity contribution in [1.82, 2.24) is 5.16 Å². The molecule has 0 radical (unpaired) electrons. The predicted molar refractivity (Wildman–Crippen MR) is 114 cm³/mol. The Morgan fingerprint density at radius 2 is 1.84 bits per heavy atom. The number of hydrogen-bond acceptors (Lipinski definition) is 6. The minimum atomic E-state index is -0.240. The van der Waals surface area contributed by atoms with Gasteiger partial charge in [-0.25, -0.2) is 0 Å². The number of quaternary nitrogens is 1. The van der Waals surface area contributed by atoms with Crippen LogP contribution in [0, 0.1) is 0 Å². The number of aromatic nitrogens is 1. The third-order valence-corrected chi connectivity index (χ3v) is 5.85. The van der Waals surface area contributed by atoms with Crippen LogP contribution in [0.4, 0.5) is 0 Å². The highest BCUT2D eigenvalue weighted by Gasteiger charge is 2.35. The van der Waals surface area contributed by atoms with Crippen molar-refractivity contribution in [2.75, 3.05) is 27.9 Å². The summed E-state index contributed by atoms with van der Waals surface area (Å²) in [7, 11) is 4.67. The van der Waals surface area contributed by atoms with Crippen LogP contribution < -0.4 is 14.4 Å². The van der Waals surface area contributed by atoms with Crippen molar-refractivity contribution < 1.29 is 28.4 Å². The van der Waals surface area contributed by atoms with Gasteiger partial charge in [0.05, 0.1) is 27.9 Å². The molecule has 0 saturated carbocycles. The van der Waals surface area contributed by atoms with Gasteiger partial charge in [-0.05, 0) is 17.7 Å². The number of nitrogens with one attached hydrogen (secondary N) is 1. The molecule has 1 aliphatic heterocycles. The third-order valence-electron chi connectivity index (χ3n) is 5.85. The summed E-state index contributed by atoms with van der Waals surface area (Å²) in [5.74, 6) is 1.86. The Morgan fingerprint density at radius 1 is 1.10 bits per heavy atom. The van der Waals surface area contributed by atoms with Gasteiger partial charge in [0.1, 0.15) is 24.7 Å². The van der Waals surface area contributed by atoms with Crippen LogP contribution in [-0.4, -0.2) is 39.0 Å². The van der Waals surface area contributed by atoms with Gasteiger partial charge in [-0.2, -0.15) is 0 Å². The van der Waals surface area contributed by atoms with Crippen molar-refractivity contribution in [3.63, 3.8) is 0 Å². The number of fused-ring (bicyclic) bond motifs is 1. The number of hydrogen-bond donors (Lipinski definition) is 1. The van der Waals surface area contributed by atoms with E-state index in [2.05, 4.69) is 5.16 Å². The summed E-state index contributed by atoms with van der Waals surface area (Å²) in [4.78, 5) is 13.5. The normalized spacial score (nSPS) is 17.6. The molecule has 3 aromatic rings. The molecule has 1 N–H and O–H groups in total. The number of nitrogens with zero attached hydrogens (tertiary/aromatic N) is 1. The molecule has 0 saturated heterocycles. The van der Waals surface area contributed by atoms with Gasteiger partial charge >= 0.3 is 5.97 Å². The number of ether oxygens (including phenoxy) is 3. The zero-order chi connectivity index (χ0) is 21.8. The number of carbonyl (C=O) groups is 1. The molecular weight excluding hydrogens is 396 g/mol. The second-order valence-corrected chi connectivity index (χ2v) is 7.62. The first-order chi connectivity index (χ1) is 15.1. The molecule has 0 fully saturated rings. The molecule has 2 atom stereocenters. The second-order valence-electron chi connectivity index (χ2n) is 7.62. The van der Waals surface area contributed by atoms with Crippen molar-refractivity contribution >= 4 is 5.97 Å². The maximum absolute atomic E-state index is 12.2. The Hall–Kier alpha value is -3.32. The van der Waals surface area contributed by atoms with Crippen LogP contribution in [0.5, 0.6) is 11.5 Å². The van der Waals surface area contributed by atoms with Crippen LogP contribution in [0.25, 0.3) is 11.3 Å². The molecule has 0 bridgehead atoms. The van der Waals surface area contributed by atoms with E-state index >= 15 is 0 Å². The first-order valence-electron chi connectivity index (χ1n) is 10.3. The van der Waals surface area contributed by atoms with E-state index in [1.54, 1.807) is 14.2 Å². The molecule has 0 spiro atoms. The van der Waals surface area contributed by atoms with Crippen molar-refractivity contribution in [1.29, 1.82) is 0 Å². The quantitative estimate of drug-likeness (QED) is 0.589. The van der Waals surface area contributed by atoms with Gasteiger partial charge in [-0.3, -0.25) is 4.79 Å². The van der Waals surface area contributed by atoms with E-state index in [4.69, 9.17) is 18.7 Å². The van der Waals surface area contributed by atoms with E-state index in [9.17, 15) is 4.79 Å². The molecule has 7 heteroatoms. The molecule has 162 valence electrons. The summed E-state index contributed by atoms with van der Waals surface area (Å²) in [5.41, 5.74) is 4.09. The lowest BCUT2D eigenvalue weighted by Crippen LogP contribution is -3.12. The smallest absolute Gasteiger partial charge is 0.311 e. The average Bonchev–Trinajstić information content (AvgIpc) is 3.28. The molecule has 7 nitrogen and oxygen atoms in total. The van der Waals surface area contributed by atoms with Gasteiger partial charge in [-0.15, -0.1) is 0 Å². The Morgan fingerprint density at radius 3 is 2.55 bits per heavy atom. The van der Waals surface area contributed by atoms with Crippen molar-refractivity contribution in [3.05, 3.63) is 65.4 Å². The molecule has 31 heavy (non-hydrogen) atoms. The maximum atomic E-state index is 12.2. The lowest BCUT2D eigenvalue weighted by molar-refractivity contribution is -0.947. The Bertz CT molecular complexity index is 1050. The van der Waals surface area contributed by atoms with Crippen molar-refractivity contribution in [3.8, 4) is 22.8 Å². The van der Waals surface area contributed by atoms with Gasteiger partial charge in [0.2, 0.25) is 0 Å². The number of carbonyl (C=O) groups excluding carboxylic acids is 1. The zero-order valence-corrected chi connectivity index (χ0v) is 18.0. The van der Waals surface area contributed by atoms with E-state index in [1.807, 2.05) is 48.5 Å². The summed E-state index contributed by atoms with van der Waals surface area (Å²) < 4.78 is 21.5. The fraction of sp³-hybridized carbons (Fsp3) is 0.333. The minimum Gasteiger partial charge on any atom is -0.493 e. The summed E-state index contributed by atoms with van der Waals surface area (Å²) in [6, 6.07) is 15.8. The minimum absolute atomic E-state index is 0.0760. The fourth-order valence-corrected chi connectivity index (χ4v) is 4.25. The molecular formula is C24H27N2O5+. The highest BCUT2D eigenvalue weighted by molar-refractivity contribution is 5.70. The highest BCUT2D eigenvalue weighted by Crippen LogP contribution is 2.35. The van der Waals surface area contributed by atoms with Gasteiger partial charge < -0.3 is 23.6 Å². The van der Waals surface area contributed by atoms with Gasteiger partial charge in [0.15, 0.2) is 17.3 Å². The van der Waals surface area contributed by atoms with Crippen molar-refractivity contribution in [2.45, 2.75) is 25.4 Å². The summed E-state index contributed by atoms with van der Waals surface area (Å²) in [6.07, 6.45) is 1.14. The van der Waals surface area contributed by atoms with E-state index in [0.717, 1.165) is 35.5 Å². The topological polar surface area (TPSA) is 75.2 Å². The van der Waals surface area contributed by atoms with Gasteiger partial charge in [0.25, 0.3) is 0 Å². The maximum Gasteiger partial charge on any atom is 0.311 e. The predicted octanol–water partition coefficient (Wildman–Crippen LogP) is 2.60. The highest BCUT2D eigenvalue weighted by atomic mass is 16.5. The lowest BCUT2D eigenvalue weighted by atomic mass is 9.90. The van der Waals surface area contributed by atoms with E-state index in [1.165, 1.54) is 17.6 Å². The van der Waals surface area contributed by atoms with Crippen LogP contribution in [-0.2, 0) is 22.5 Å². The molecule has 1 aromatic heterocycles. The number of rotatable bonds is 7. The van der Waals surface area contributed by atoms with Crippen LogP contribution in [0.2, 0.25) is 0 Å². The zero-order valence-electron chi connectivity index (χ0n) is 18.0. The number of benzene rings is 2. The Kier molecular flexibility index (Phi) is 6.23. The SMILES string of the molecule is COC(=O)C[C@@H]1c2cc(OC)c(OC)cc2CC[NH+]1Cc1cc(-c2ccccc2)on1. The van der Waals surface area contributed by atoms with Crippen LogP contribution in [0.15, 0.2) is 53.1 Å². The number of esters is 1. The first kappa shape index (κ1) is 20.9. The lowest BCUT2D eigenvalue weighted by Gasteiger charge is -2.34. The molecule has 4 rings (SSSR count). The van der Waals surface area contributed by atoms with Crippen molar-refractivity contribution in [2.24, 2.45) is 0 Å². The summed E-state index contributed by atoms with van der Waals surface area (Å²) in [6.45, 7) is 1.50. The molecule has 0 aliphatic carbocycles. The summed E-state index contributed by atoms with van der Waals surface area (Å²) in [5, 5.41) is 4.28. The molecule has 0 amide bonds. The van der Waals surface area contributed by atoms with E-state index in [-0.39, 0.29) is 18.4 Å². The second kappa shape index (κ2) is 9.22.